The molecule has 0 unspecified atom stereocenters. The SMILES string of the molecule is CC(=O)N1CCN(C(=O)CCNc2cc(C)nc3c([N+](=O)[O-])cccc23)CC1. The summed E-state index contributed by atoms with van der Waals surface area (Å²) in [6.45, 7) is 5.93. The normalized spacial score (nSPS) is 14.2. The first kappa shape index (κ1) is 19.5. The van der Waals surface area contributed by atoms with Gasteiger partial charge in [0.1, 0.15) is 0 Å². The number of fused-ring (bicyclic) bond motifs is 1. The van der Waals surface area contributed by atoms with Crippen molar-refractivity contribution in [3.05, 3.63) is 40.1 Å². The van der Waals surface area contributed by atoms with Crippen LogP contribution in [0.25, 0.3) is 10.9 Å². The number of anilines is 1. The van der Waals surface area contributed by atoms with E-state index in [1.807, 2.05) is 6.07 Å². The van der Waals surface area contributed by atoms with E-state index >= 15 is 0 Å². The molecular weight excluding hydrogens is 362 g/mol. The van der Waals surface area contributed by atoms with E-state index in [4.69, 9.17) is 0 Å². The molecule has 148 valence electrons. The highest BCUT2D eigenvalue weighted by Gasteiger charge is 2.22. The number of amides is 2. The maximum Gasteiger partial charge on any atom is 0.295 e. The lowest BCUT2D eigenvalue weighted by Crippen LogP contribution is -2.50. The number of carbonyl (C=O) groups is 2. The van der Waals surface area contributed by atoms with Crippen molar-refractivity contribution in [2.45, 2.75) is 20.3 Å². The van der Waals surface area contributed by atoms with Crippen molar-refractivity contribution in [1.29, 1.82) is 0 Å². The van der Waals surface area contributed by atoms with Crippen molar-refractivity contribution < 1.29 is 14.5 Å². The van der Waals surface area contributed by atoms with Gasteiger partial charge < -0.3 is 15.1 Å². The number of carbonyl (C=O) groups excluding carboxylic acids is 2. The van der Waals surface area contributed by atoms with E-state index in [1.165, 1.54) is 13.0 Å². The van der Waals surface area contributed by atoms with Gasteiger partial charge in [-0.05, 0) is 13.0 Å². The summed E-state index contributed by atoms with van der Waals surface area (Å²) in [6, 6.07) is 6.66. The highest BCUT2D eigenvalue weighted by molar-refractivity contribution is 5.96. The maximum absolute atomic E-state index is 12.4. The summed E-state index contributed by atoms with van der Waals surface area (Å²) in [6.07, 6.45) is 0.303. The third kappa shape index (κ3) is 4.19. The van der Waals surface area contributed by atoms with E-state index in [0.717, 1.165) is 5.69 Å². The van der Waals surface area contributed by atoms with Crippen molar-refractivity contribution in [2.24, 2.45) is 0 Å². The first-order valence-corrected chi connectivity index (χ1v) is 9.18. The van der Waals surface area contributed by atoms with Crippen LogP contribution in [0.2, 0.25) is 0 Å². The number of hydrogen-bond acceptors (Lipinski definition) is 6. The summed E-state index contributed by atoms with van der Waals surface area (Å²) in [5.74, 6) is 0.0551. The van der Waals surface area contributed by atoms with Gasteiger partial charge in [0.15, 0.2) is 5.52 Å². The molecule has 1 aliphatic heterocycles. The molecule has 3 rings (SSSR count). The number of nitrogens with zero attached hydrogens (tertiary/aromatic N) is 4. The summed E-state index contributed by atoms with van der Waals surface area (Å²) in [7, 11) is 0. The highest BCUT2D eigenvalue weighted by Crippen LogP contribution is 2.29. The lowest BCUT2D eigenvalue weighted by molar-refractivity contribution is -0.383. The Balaban J connectivity index is 1.64. The van der Waals surface area contributed by atoms with E-state index in [9.17, 15) is 19.7 Å². The Bertz CT molecular complexity index is 922. The fourth-order valence-corrected chi connectivity index (χ4v) is 3.39. The molecule has 2 heterocycles. The Morgan fingerprint density at radius 2 is 1.89 bits per heavy atom. The molecule has 1 fully saturated rings. The molecule has 1 aliphatic rings. The van der Waals surface area contributed by atoms with Gasteiger partial charge in [0.05, 0.1) is 4.92 Å². The third-order valence-corrected chi connectivity index (χ3v) is 4.87. The predicted octanol–water partition coefficient (Wildman–Crippen LogP) is 1.94. The molecule has 2 aromatic rings. The number of rotatable bonds is 5. The molecule has 9 heteroatoms. The zero-order valence-corrected chi connectivity index (χ0v) is 16.0. The summed E-state index contributed by atoms with van der Waals surface area (Å²) >= 11 is 0. The summed E-state index contributed by atoms with van der Waals surface area (Å²) in [4.78, 5) is 42.4. The molecule has 0 aliphatic carbocycles. The fraction of sp³-hybridized carbons (Fsp3) is 0.421. The topological polar surface area (TPSA) is 109 Å². The first-order valence-electron chi connectivity index (χ1n) is 9.18. The number of nitro benzene ring substituents is 1. The van der Waals surface area contributed by atoms with Gasteiger partial charge in [0.25, 0.3) is 5.69 Å². The largest absolute Gasteiger partial charge is 0.384 e. The van der Waals surface area contributed by atoms with Crippen molar-refractivity contribution in [3.63, 3.8) is 0 Å². The van der Waals surface area contributed by atoms with Crippen LogP contribution in [0.1, 0.15) is 19.0 Å². The molecule has 0 saturated carbocycles. The van der Waals surface area contributed by atoms with E-state index < -0.39 is 4.92 Å². The van der Waals surface area contributed by atoms with E-state index in [0.29, 0.717) is 55.7 Å². The van der Waals surface area contributed by atoms with E-state index in [2.05, 4.69) is 10.3 Å². The lowest BCUT2D eigenvalue weighted by Gasteiger charge is -2.34. The minimum atomic E-state index is -0.442. The molecule has 0 atom stereocenters. The molecule has 1 N–H and O–H groups in total. The van der Waals surface area contributed by atoms with E-state index in [1.54, 1.807) is 28.9 Å². The summed E-state index contributed by atoms with van der Waals surface area (Å²) in [5, 5.41) is 15.1. The second-order valence-electron chi connectivity index (χ2n) is 6.81. The number of nitro groups is 1. The minimum Gasteiger partial charge on any atom is -0.384 e. The highest BCUT2D eigenvalue weighted by atomic mass is 16.6. The van der Waals surface area contributed by atoms with Crippen LogP contribution in [0.15, 0.2) is 24.3 Å². The summed E-state index contributed by atoms with van der Waals surface area (Å²) < 4.78 is 0. The van der Waals surface area contributed by atoms with Gasteiger partial charge in [-0.2, -0.15) is 0 Å². The Labute approximate surface area is 162 Å². The zero-order chi connectivity index (χ0) is 20.3. The van der Waals surface area contributed by atoms with Gasteiger partial charge >= 0.3 is 0 Å². The zero-order valence-electron chi connectivity index (χ0n) is 16.0. The molecule has 2 amide bonds. The van der Waals surface area contributed by atoms with Gasteiger partial charge in [-0.25, -0.2) is 4.98 Å². The monoisotopic (exact) mass is 385 g/mol. The molecular formula is C19H23N5O4. The van der Waals surface area contributed by atoms with Crippen LogP contribution in [0.4, 0.5) is 11.4 Å². The lowest BCUT2D eigenvalue weighted by atomic mass is 10.1. The fourth-order valence-electron chi connectivity index (χ4n) is 3.39. The number of aryl methyl sites for hydroxylation is 1. The third-order valence-electron chi connectivity index (χ3n) is 4.87. The number of hydrogen-bond donors (Lipinski definition) is 1. The minimum absolute atomic E-state index is 0.0248. The molecule has 0 spiro atoms. The van der Waals surface area contributed by atoms with Crippen LogP contribution < -0.4 is 5.32 Å². The molecule has 1 saturated heterocycles. The molecule has 0 bridgehead atoms. The Morgan fingerprint density at radius 3 is 2.54 bits per heavy atom. The Kier molecular flexibility index (Phi) is 5.72. The maximum atomic E-state index is 12.4. The molecule has 1 aromatic heterocycles. The van der Waals surface area contributed by atoms with Gasteiger partial charge in [0.2, 0.25) is 11.8 Å². The Morgan fingerprint density at radius 1 is 1.21 bits per heavy atom. The van der Waals surface area contributed by atoms with Gasteiger partial charge in [-0.3, -0.25) is 19.7 Å². The van der Waals surface area contributed by atoms with Crippen molar-refractivity contribution in [3.8, 4) is 0 Å². The summed E-state index contributed by atoms with van der Waals surface area (Å²) in [5.41, 5.74) is 1.68. The number of benzene rings is 1. The van der Waals surface area contributed by atoms with Crippen LogP contribution in [-0.2, 0) is 9.59 Å². The molecule has 0 radical (unpaired) electrons. The second kappa shape index (κ2) is 8.20. The van der Waals surface area contributed by atoms with Crippen LogP contribution in [-0.4, -0.2) is 64.2 Å². The molecule has 1 aromatic carbocycles. The average molecular weight is 385 g/mol. The molecule has 9 nitrogen and oxygen atoms in total. The van der Waals surface area contributed by atoms with Crippen LogP contribution in [0, 0.1) is 17.0 Å². The number of aromatic nitrogens is 1. The van der Waals surface area contributed by atoms with Crippen LogP contribution >= 0.6 is 0 Å². The predicted molar refractivity (Wildman–Crippen MR) is 105 cm³/mol. The number of non-ortho nitro benzene ring substituents is 1. The number of nitrogens with one attached hydrogen (secondary N) is 1. The smallest absolute Gasteiger partial charge is 0.295 e. The standard InChI is InChI=1S/C19H23N5O4/c1-13-12-16(15-4-3-5-17(24(27)28)19(15)21-13)20-7-6-18(26)23-10-8-22(9-11-23)14(2)25/h3-5,12H,6-11H2,1-2H3,(H,20,21). The number of para-hydroxylation sites is 1. The second-order valence-corrected chi connectivity index (χ2v) is 6.81. The average Bonchev–Trinajstić information content (AvgIpc) is 2.67. The number of piperazine rings is 1. The van der Waals surface area contributed by atoms with Crippen LogP contribution in [0.3, 0.4) is 0 Å². The van der Waals surface area contributed by atoms with Gasteiger partial charge in [-0.1, -0.05) is 12.1 Å². The number of pyridine rings is 1. The van der Waals surface area contributed by atoms with Crippen LogP contribution in [0.5, 0.6) is 0 Å². The Hall–Kier alpha value is -3.23. The van der Waals surface area contributed by atoms with Crippen molar-refractivity contribution >= 4 is 34.1 Å². The van der Waals surface area contributed by atoms with Crippen molar-refractivity contribution in [2.75, 3.05) is 38.0 Å². The quantitative estimate of drug-likeness (QED) is 0.622. The van der Waals surface area contributed by atoms with Gasteiger partial charge in [-0.15, -0.1) is 0 Å². The van der Waals surface area contributed by atoms with Gasteiger partial charge in [0, 0.05) is 68.9 Å². The van der Waals surface area contributed by atoms with Crippen molar-refractivity contribution in [1.82, 2.24) is 14.8 Å². The first-order chi connectivity index (χ1) is 13.4. The van der Waals surface area contributed by atoms with E-state index in [-0.39, 0.29) is 17.5 Å². The molecule has 28 heavy (non-hydrogen) atoms.